The van der Waals surface area contributed by atoms with Gasteiger partial charge in [0, 0.05) is 31.3 Å². The van der Waals surface area contributed by atoms with Crippen molar-refractivity contribution < 1.29 is 9.84 Å². The number of methoxy groups -OCH3 is 1. The Hall–Kier alpha value is -1.81. The number of hydrogen-bond donors (Lipinski definition) is 2. The standard InChI is InChI=1S/C14H18N2O2/c1-10(6-8-18-2)16-14-13-9-12(17)4-3-11(13)5-7-15-14/h3-5,7,9-10,17H,6,8H2,1-2H3,(H,15,16). The van der Waals surface area contributed by atoms with E-state index in [1.807, 2.05) is 12.1 Å². The van der Waals surface area contributed by atoms with Crippen molar-refractivity contribution >= 4 is 16.6 Å². The third-order valence-corrected chi connectivity index (χ3v) is 2.89. The number of rotatable bonds is 5. The van der Waals surface area contributed by atoms with Gasteiger partial charge in [0.1, 0.15) is 11.6 Å². The highest BCUT2D eigenvalue weighted by atomic mass is 16.5. The van der Waals surface area contributed by atoms with Crippen LogP contribution in [0.4, 0.5) is 5.82 Å². The Morgan fingerprint density at radius 3 is 3.00 bits per heavy atom. The predicted octanol–water partition coefficient (Wildman–Crippen LogP) is 2.78. The van der Waals surface area contributed by atoms with Crippen LogP contribution in [-0.4, -0.2) is 29.8 Å². The van der Waals surface area contributed by atoms with E-state index in [4.69, 9.17) is 4.74 Å². The molecule has 1 heterocycles. The van der Waals surface area contributed by atoms with Crippen molar-refractivity contribution in [3.8, 4) is 5.75 Å². The van der Waals surface area contributed by atoms with Crippen molar-refractivity contribution in [2.24, 2.45) is 0 Å². The van der Waals surface area contributed by atoms with E-state index in [-0.39, 0.29) is 11.8 Å². The van der Waals surface area contributed by atoms with Crippen LogP contribution in [0.3, 0.4) is 0 Å². The average molecular weight is 246 g/mol. The van der Waals surface area contributed by atoms with Crippen LogP contribution in [0.1, 0.15) is 13.3 Å². The summed E-state index contributed by atoms with van der Waals surface area (Å²) in [5.41, 5.74) is 0. The van der Waals surface area contributed by atoms with Crippen LogP contribution in [0.25, 0.3) is 10.8 Å². The number of aromatic nitrogens is 1. The van der Waals surface area contributed by atoms with E-state index in [0.29, 0.717) is 6.61 Å². The van der Waals surface area contributed by atoms with Gasteiger partial charge in [-0.3, -0.25) is 0 Å². The van der Waals surface area contributed by atoms with E-state index in [2.05, 4.69) is 17.2 Å². The SMILES string of the molecule is COCCC(C)Nc1nccc2ccc(O)cc12. The molecule has 4 nitrogen and oxygen atoms in total. The van der Waals surface area contributed by atoms with Crippen LogP contribution >= 0.6 is 0 Å². The molecule has 0 aliphatic rings. The van der Waals surface area contributed by atoms with Gasteiger partial charge in [-0.05, 0) is 36.9 Å². The first-order valence-electron chi connectivity index (χ1n) is 6.04. The topological polar surface area (TPSA) is 54.4 Å². The average Bonchev–Trinajstić information content (AvgIpc) is 2.37. The van der Waals surface area contributed by atoms with Crippen LogP contribution in [0.5, 0.6) is 5.75 Å². The van der Waals surface area contributed by atoms with Gasteiger partial charge in [0.15, 0.2) is 0 Å². The van der Waals surface area contributed by atoms with Crippen LogP contribution in [-0.2, 0) is 4.74 Å². The molecule has 2 rings (SSSR count). The molecule has 0 amide bonds. The molecule has 1 atom stereocenters. The zero-order valence-corrected chi connectivity index (χ0v) is 10.7. The molecular formula is C14H18N2O2. The number of anilines is 1. The maximum atomic E-state index is 9.55. The number of nitrogens with zero attached hydrogens (tertiary/aromatic N) is 1. The van der Waals surface area contributed by atoms with E-state index < -0.39 is 0 Å². The number of pyridine rings is 1. The lowest BCUT2D eigenvalue weighted by Gasteiger charge is -2.15. The Labute approximate surface area is 107 Å². The van der Waals surface area contributed by atoms with E-state index in [1.165, 1.54) is 0 Å². The molecule has 0 saturated heterocycles. The molecule has 18 heavy (non-hydrogen) atoms. The Balaban J connectivity index is 2.24. The van der Waals surface area contributed by atoms with Gasteiger partial charge in [-0.2, -0.15) is 0 Å². The minimum absolute atomic E-state index is 0.253. The molecule has 96 valence electrons. The first-order valence-corrected chi connectivity index (χ1v) is 6.04. The zero-order chi connectivity index (χ0) is 13.0. The molecule has 1 aromatic carbocycles. The maximum Gasteiger partial charge on any atom is 0.134 e. The first kappa shape index (κ1) is 12.6. The number of aromatic hydroxyl groups is 1. The fourth-order valence-electron chi connectivity index (χ4n) is 1.87. The van der Waals surface area contributed by atoms with Crippen LogP contribution in [0, 0.1) is 0 Å². The maximum absolute atomic E-state index is 9.55. The lowest BCUT2D eigenvalue weighted by Crippen LogP contribution is -2.18. The summed E-state index contributed by atoms with van der Waals surface area (Å²) in [5, 5.41) is 14.9. The van der Waals surface area contributed by atoms with Crippen molar-refractivity contribution in [2.45, 2.75) is 19.4 Å². The Kier molecular flexibility index (Phi) is 3.99. The van der Waals surface area contributed by atoms with Crippen molar-refractivity contribution in [1.29, 1.82) is 0 Å². The highest BCUT2D eigenvalue weighted by Crippen LogP contribution is 2.25. The summed E-state index contributed by atoms with van der Waals surface area (Å²) in [4.78, 5) is 4.33. The largest absolute Gasteiger partial charge is 0.508 e. The Morgan fingerprint density at radius 2 is 2.22 bits per heavy atom. The normalized spacial score (nSPS) is 12.6. The summed E-state index contributed by atoms with van der Waals surface area (Å²) in [6.07, 6.45) is 2.68. The third-order valence-electron chi connectivity index (χ3n) is 2.89. The van der Waals surface area contributed by atoms with Gasteiger partial charge in [-0.25, -0.2) is 4.98 Å². The summed E-state index contributed by atoms with van der Waals surface area (Å²) >= 11 is 0. The molecule has 0 spiro atoms. The zero-order valence-electron chi connectivity index (χ0n) is 10.7. The van der Waals surface area contributed by atoms with Gasteiger partial charge >= 0.3 is 0 Å². The second-order valence-corrected chi connectivity index (χ2v) is 4.39. The van der Waals surface area contributed by atoms with Crippen molar-refractivity contribution in [2.75, 3.05) is 19.0 Å². The molecule has 0 saturated carbocycles. The van der Waals surface area contributed by atoms with Crippen LogP contribution in [0.15, 0.2) is 30.5 Å². The second kappa shape index (κ2) is 5.69. The number of phenols is 1. The summed E-state index contributed by atoms with van der Waals surface area (Å²) in [6.45, 7) is 2.80. The lowest BCUT2D eigenvalue weighted by atomic mass is 10.1. The van der Waals surface area contributed by atoms with Gasteiger partial charge in [-0.15, -0.1) is 0 Å². The van der Waals surface area contributed by atoms with Gasteiger partial charge in [0.2, 0.25) is 0 Å². The summed E-state index contributed by atoms with van der Waals surface area (Å²) in [7, 11) is 1.70. The minimum atomic E-state index is 0.253. The van der Waals surface area contributed by atoms with Gasteiger partial charge in [0.25, 0.3) is 0 Å². The van der Waals surface area contributed by atoms with Crippen LogP contribution in [0.2, 0.25) is 0 Å². The molecule has 0 aliphatic heterocycles. The molecule has 0 fully saturated rings. The van der Waals surface area contributed by atoms with E-state index >= 15 is 0 Å². The molecule has 1 unspecified atom stereocenters. The van der Waals surface area contributed by atoms with Gasteiger partial charge in [-0.1, -0.05) is 6.07 Å². The number of phenolic OH excluding ortho intramolecular Hbond substituents is 1. The smallest absolute Gasteiger partial charge is 0.134 e. The van der Waals surface area contributed by atoms with Crippen LogP contribution < -0.4 is 5.32 Å². The van der Waals surface area contributed by atoms with Gasteiger partial charge in [0.05, 0.1) is 0 Å². The van der Waals surface area contributed by atoms with Crippen molar-refractivity contribution in [1.82, 2.24) is 4.98 Å². The van der Waals surface area contributed by atoms with E-state index in [9.17, 15) is 5.11 Å². The Morgan fingerprint density at radius 1 is 1.39 bits per heavy atom. The lowest BCUT2D eigenvalue weighted by molar-refractivity contribution is 0.191. The Bertz CT molecular complexity index is 528. The highest BCUT2D eigenvalue weighted by molar-refractivity contribution is 5.92. The monoisotopic (exact) mass is 246 g/mol. The van der Waals surface area contributed by atoms with Crippen molar-refractivity contribution in [3.05, 3.63) is 30.5 Å². The molecule has 4 heteroatoms. The fourth-order valence-corrected chi connectivity index (χ4v) is 1.87. The number of fused-ring (bicyclic) bond motifs is 1. The van der Waals surface area contributed by atoms with E-state index in [0.717, 1.165) is 23.0 Å². The molecule has 0 bridgehead atoms. The molecule has 1 aromatic heterocycles. The highest BCUT2D eigenvalue weighted by Gasteiger charge is 2.07. The predicted molar refractivity (Wildman–Crippen MR) is 73.0 cm³/mol. The molecule has 2 aromatic rings. The van der Waals surface area contributed by atoms with E-state index in [1.54, 1.807) is 25.4 Å². The summed E-state index contributed by atoms with van der Waals surface area (Å²) < 4.78 is 5.06. The van der Waals surface area contributed by atoms with Gasteiger partial charge < -0.3 is 15.2 Å². The number of hydrogen-bond acceptors (Lipinski definition) is 4. The number of benzene rings is 1. The quantitative estimate of drug-likeness (QED) is 0.851. The third kappa shape index (κ3) is 2.90. The number of ether oxygens (including phenoxy) is 1. The molecular weight excluding hydrogens is 228 g/mol. The van der Waals surface area contributed by atoms with Crippen molar-refractivity contribution in [3.63, 3.8) is 0 Å². The molecule has 0 aliphatic carbocycles. The number of nitrogens with one attached hydrogen (secondary N) is 1. The molecule has 0 radical (unpaired) electrons. The first-order chi connectivity index (χ1) is 8.70. The fraction of sp³-hybridized carbons (Fsp3) is 0.357. The molecule has 2 N–H and O–H groups in total. The summed E-state index contributed by atoms with van der Waals surface area (Å²) in [5.74, 6) is 1.05. The second-order valence-electron chi connectivity index (χ2n) is 4.39. The minimum Gasteiger partial charge on any atom is -0.508 e. The summed E-state index contributed by atoms with van der Waals surface area (Å²) in [6, 6.07) is 7.50.